The van der Waals surface area contributed by atoms with Crippen molar-refractivity contribution in [2.75, 3.05) is 32.8 Å². The first-order valence-electron chi connectivity index (χ1n) is 13.6. The summed E-state index contributed by atoms with van der Waals surface area (Å²) in [6.07, 6.45) is 3.14. The van der Waals surface area contributed by atoms with E-state index < -0.39 is 17.9 Å². The SMILES string of the molecule is O=C(c1cc(C2CC2)c(OCC2CCN(Cc3noc(-c4ccccc4Cl)n3)CC2)cc1F)N1CCC(F)C1. The minimum absolute atomic E-state index is 0.0193. The number of hydrogen-bond acceptors (Lipinski definition) is 6. The minimum Gasteiger partial charge on any atom is -0.493 e. The molecule has 0 radical (unpaired) electrons. The molecule has 3 fully saturated rings. The largest absolute Gasteiger partial charge is 0.493 e. The Morgan fingerprint density at radius 2 is 1.90 bits per heavy atom. The average molecular weight is 557 g/mol. The zero-order valence-corrected chi connectivity index (χ0v) is 22.4. The van der Waals surface area contributed by atoms with Crippen molar-refractivity contribution in [3.63, 3.8) is 0 Å². The maximum Gasteiger partial charge on any atom is 0.259 e. The first-order valence-corrected chi connectivity index (χ1v) is 14.0. The third-order valence-electron chi connectivity index (χ3n) is 7.88. The topological polar surface area (TPSA) is 71.7 Å². The molecule has 6 rings (SSSR count). The van der Waals surface area contributed by atoms with Gasteiger partial charge >= 0.3 is 0 Å². The molecule has 3 aliphatic rings. The van der Waals surface area contributed by atoms with Crippen LogP contribution in [0.1, 0.15) is 59.8 Å². The van der Waals surface area contributed by atoms with E-state index in [2.05, 4.69) is 15.0 Å². The Morgan fingerprint density at radius 3 is 2.62 bits per heavy atom. The first kappa shape index (κ1) is 26.2. The van der Waals surface area contributed by atoms with E-state index in [9.17, 15) is 9.18 Å². The van der Waals surface area contributed by atoms with E-state index >= 15 is 4.39 Å². The second kappa shape index (κ2) is 11.2. The maximum atomic E-state index is 15.0. The van der Waals surface area contributed by atoms with Crippen molar-refractivity contribution in [1.29, 1.82) is 0 Å². The van der Waals surface area contributed by atoms with E-state index in [4.69, 9.17) is 20.9 Å². The third-order valence-corrected chi connectivity index (χ3v) is 8.21. The number of alkyl halides is 1. The average Bonchev–Trinajstić information content (AvgIpc) is 3.52. The number of aromatic nitrogens is 2. The molecule has 206 valence electrons. The molecule has 0 N–H and O–H groups in total. The predicted molar refractivity (Wildman–Crippen MR) is 142 cm³/mol. The van der Waals surface area contributed by atoms with Crippen LogP contribution in [-0.2, 0) is 6.54 Å². The quantitative estimate of drug-likeness (QED) is 0.345. The summed E-state index contributed by atoms with van der Waals surface area (Å²) in [4.78, 5) is 21.0. The lowest BCUT2D eigenvalue weighted by atomic mass is 9.97. The van der Waals surface area contributed by atoms with Crippen LogP contribution in [0.5, 0.6) is 5.75 Å². The van der Waals surface area contributed by atoms with E-state index in [0.29, 0.717) is 54.5 Å². The molecule has 7 nitrogen and oxygen atoms in total. The number of nitrogens with zero attached hydrogens (tertiary/aromatic N) is 4. The predicted octanol–water partition coefficient (Wildman–Crippen LogP) is 5.88. The lowest BCUT2D eigenvalue weighted by molar-refractivity contribution is 0.0778. The van der Waals surface area contributed by atoms with Crippen LogP contribution >= 0.6 is 11.6 Å². The number of amides is 1. The van der Waals surface area contributed by atoms with Gasteiger partial charge in [0, 0.05) is 12.6 Å². The summed E-state index contributed by atoms with van der Waals surface area (Å²) in [5.74, 6) is 1.14. The lowest BCUT2D eigenvalue weighted by Crippen LogP contribution is -2.35. The van der Waals surface area contributed by atoms with Gasteiger partial charge in [-0.3, -0.25) is 9.69 Å². The van der Waals surface area contributed by atoms with Crippen molar-refractivity contribution >= 4 is 17.5 Å². The summed E-state index contributed by atoms with van der Waals surface area (Å²) in [5.41, 5.74) is 1.63. The Balaban J connectivity index is 1.03. The molecule has 1 atom stereocenters. The third kappa shape index (κ3) is 5.94. The Morgan fingerprint density at radius 1 is 1.10 bits per heavy atom. The molecule has 2 aliphatic heterocycles. The molecule has 2 saturated heterocycles. The van der Waals surface area contributed by atoms with Gasteiger partial charge in [-0.1, -0.05) is 28.9 Å². The highest BCUT2D eigenvalue weighted by molar-refractivity contribution is 6.33. The van der Waals surface area contributed by atoms with Crippen LogP contribution in [0.25, 0.3) is 11.5 Å². The summed E-state index contributed by atoms with van der Waals surface area (Å²) >= 11 is 6.24. The van der Waals surface area contributed by atoms with Crippen LogP contribution in [0.15, 0.2) is 40.9 Å². The van der Waals surface area contributed by atoms with Crippen molar-refractivity contribution in [3.8, 4) is 17.2 Å². The van der Waals surface area contributed by atoms with Crippen LogP contribution < -0.4 is 4.74 Å². The number of ether oxygens (including phenoxy) is 1. The van der Waals surface area contributed by atoms with E-state index in [1.807, 2.05) is 18.2 Å². The summed E-state index contributed by atoms with van der Waals surface area (Å²) in [6.45, 7) is 3.18. The van der Waals surface area contributed by atoms with Crippen LogP contribution in [-0.4, -0.2) is 64.8 Å². The fourth-order valence-electron chi connectivity index (χ4n) is 5.43. The van der Waals surface area contributed by atoms with Gasteiger partial charge in [-0.05, 0) is 80.8 Å². The number of rotatable bonds is 8. The van der Waals surface area contributed by atoms with E-state index in [-0.39, 0.29) is 18.0 Å². The van der Waals surface area contributed by atoms with Crippen LogP contribution in [0.3, 0.4) is 0 Å². The fraction of sp³-hybridized carbons (Fsp3) is 0.483. The summed E-state index contributed by atoms with van der Waals surface area (Å²) in [5, 5.41) is 4.69. The second-order valence-electron chi connectivity index (χ2n) is 10.8. The molecule has 3 heterocycles. The zero-order valence-electron chi connectivity index (χ0n) is 21.6. The Labute approximate surface area is 231 Å². The van der Waals surface area contributed by atoms with E-state index in [1.165, 1.54) is 11.0 Å². The molecule has 1 aromatic heterocycles. The number of halogens is 3. The standard InChI is InChI=1S/C29H31ClF2N4O3/c30-24-4-2-1-3-21(24)28-33-27(34-39-28)16-35-10-7-18(8-11-35)17-38-26-14-25(32)23(13-22(26)19-5-6-19)29(37)36-12-9-20(31)15-36/h1-4,13-14,18-20H,5-12,15-17H2. The van der Waals surface area contributed by atoms with Crippen LogP contribution in [0.4, 0.5) is 8.78 Å². The molecule has 3 aromatic rings. The second-order valence-corrected chi connectivity index (χ2v) is 11.2. The van der Waals surface area contributed by atoms with Gasteiger partial charge in [0.1, 0.15) is 17.7 Å². The number of piperidine rings is 1. The molecule has 2 aromatic carbocycles. The number of likely N-dealkylation sites (tertiary alicyclic amines) is 2. The van der Waals surface area contributed by atoms with Gasteiger partial charge in [-0.2, -0.15) is 4.98 Å². The van der Waals surface area contributed by atoms with Gasteiger partial charge in [-0.25, -0.2) is 8.78 Å². The van der Waals surface area contributed by atoms with Gasteiger partial charge in [0.25, 0.3) is 11.8 Å². The molecule has 1 aliphatic carbocycles. The van der Waals surface area contributed by atoms with E-state index in [0.717, 1.165) is 49.9 Å². The Bertz CT molecular complexity index is 1340. The van der Waals surface area contributed by atoms with Gasteiger partial charge in [-0.15, -0.1) is 0 Å². The minimum atomic E-state index is -1.04. The highest BCUT2D eigenvalue weighted by atomic mass is 35.5. The molecular weight excluding hydrogens is 526 g/mol. The first-order chi connectivity index (χ1) is 18.9. The summed E-state index contributed by atoms with van der Waals surface area (Å²) in [7, 11) is 0. The van der Waals surface area contributed by atoms with Gasteiger partial charge in [0.2, 0.25) is 0 Å². The number of carbonyl (C=O) groups is 1. The molecule has 1 amide bonds. The highest BCUT2D eigenvalue weighted by Crippen LogP contribution is 2.45. The maximum absolute atomic E-state index is 15.0. The van der Waals surface area contributed by atoms with Crippen LogP contribution in [0.2, 0.25) is 5.02 Å². The van der Waals surface area contributed by atoms with Gasteiger partial charge < -0.3 is 14.2 Å². The van der Waals surface area contributed by atoms with Crippen molar-refractivity contribution in [3.05, 3.63) is 64.2 Å². The molecular formula is C29H31ClF2N4O3. The number of benzene rings is 2. The van der Waals surface area contributed by atoms with Crippen molar-refractivity contribution in [1.82, 2.24) is 19.9 Å². The molecule has 1 unspecified atom stereocenters. The van der Waals surface area contributed by atoms with Gasteiger partial charge in [0.15, 0.2) is 5.82 Å². The number of carbonyl (C=O) groups excluding carboxylic acids is 1. The van der Waals surface area contributed by atoms with Crippen molar-refractivity contribution in [2.24, 2.45) is 5.92 Å². The smallest absolute Gasteiger partial charge is 0.259 e. The molecule has 0 bridgehead atoms. The van der Waals surface area contributed by atoms with Gasteiger partial charge in [0.05, 0.1) is 35.8 Å². The summed E-state index contributed by atoms with van der Waals surface area (Å²) < 4.78 is 40.2. The van der Waals surface area contributed by atoms with Crippen molar-refractivity contribution in [2.45, 2.75) is 50.7 Å². The monoisotopic (exact) mass is 556 g/mol. The lowest BCUT2D eigenvalue weighted by Gasteiger charge is -2.31. The zero-order chi connectivity index (χ0) is 26.9. The molecule has 1 saturated carbocycles. The van der Waals surface area contributed by atoms with Crippen LogP contribution in [0, 0.1) is 11.7 Å². The summed E-state index contributed by atoms with van der Waals surface area (Å²) in [6, 6.07) is 10.4. The van der Waals surface area contributed by atoms with E-state index in [1.54, 1.807) is 12.1 Å². The Kier molecular flexibility index (Phi) is 7.53. The fourth-order valence-corrected chi connectivity index (χ4v) is 5.64. The normalized spacial score (nSPS) is 20.5. The van der Waals surface area contributed by atoms with Crippen molar-refractivity contribution < 1.29 is 22.8 Å². The molecule has 10 heteroatoms. The highest BCUT2D eigenvalue weighted by Gasteiger charge is 2.33. The molecule has 39 heavy (non-hydrogen) atoms. The Hall–Kier alpha value is -3.04. The number of hydrogen-bond donors (Lipinski definition) is 0. The molecule has 0 spiro atoms.